The normalized spacial score (nSPS) is 11.6. The summed E-state index contributed by atoms with van der Waals surface area (Å²) in [5.41, 5.74) is 2.56. The molecule has 136 valence electrons. The average Bonchev–Trinajstić information content (AvgIpc) is 2.69. The lowest BCUT2D eigenvalue weighted by molar-refractivity contribution is -0.139. The van der Waals surface area contributed by atoms with E-state index >= 15 is 0 Å². The van der Waals surface area contributed by atoms with Crippen molar-refractivity contribution < 1.29 is 19.1 Å². The smallest absolute Gasteiger partial charge is 0.326 e. The minimum atomic E-state index is -1.22. The molecule has 1 amide bonds. The number of carboxylic acids is 1. The van der Waals surface area contributed by atoms with E-state index in [1.807, 2.05) is 30.3 Å². The van der Waals surface area contributed by atoms with Gasteiger partial charge >= 0.3 is 5.97 Å². The third-order valence-corrected chi connectivity index (χ3v) is 4.24. The first-order valence-corrected chi connectivity index (χ1v) is 8.47. The maximum Gasteiger partial charge on any atom is 0.326 e. The summed E-state index contributed by atoms with van der Waals surface area (Å²) < 4.78 is 13.8. The maximum atomic E-state index is 13.8. The molecule has 0 aliphatic carbocycles. The molecular weight excluding hydrogens is 345 g/mol. The second kappa shape index (κ2) is 8.27. The van der Waals surface area contributed by atoms with Gasteiger partial charge in [-0.05, 0) is 34.9 Å². The van der Waals surface area contributed by atoms with E-state index in [0.29, 0.717) is 5.56 Å². The quantitative estimate of drug-likeness (QED) is 0.698. The second-order valence-corrected chi connectivity index (χ2v) is 6.10. The van der Waals surface area contributed by atoms with Crippen LogP contribution in [0.1, 0.15) is 15.9 Å². The van der Waals surface area contributed by atoms with Crippen molar-refractivity contribution in [2.45, 2.75) is 12.5 Å². The van der Waals surface area contributed by atoms with Crippen molar-refractivity contribution in [2.24, 2.45) is 0 Å². The van der Waals surface area contributed by atoms with Crippen molar-refractivity contribution in [3.05, 3.63) is 95.8 Å². The van der Waals surface area contributed by atoms with Gasteiger partial charge in [-0.15, -0.1) is 0 Å². The van der Waals surface area contributed by atoms with Crippen molar-refractivity contribution in [3.8, 4) is 11.1 Å². The molecule has 0 unspecified atom stereocenters. The van der Waals surface area contributed by atoms with Gasteiger partial charge in [-0.3, -0.25) is 4.79 Å². The Morgan fingerprint density at radius 3 is 2.07 bits per heavy atom. The fourth-order valence-corrected chi connectivity index (χ4v) is 2.77. The number of hydrogen-bond acceptors (Lipinski definition) is 2. The summed E-state index contributed by atoms with van der Waals surface area (Å²) >= 11 is 0. The topological polar surface area (TPSA) is 66.4 Å². The molecule has 3 aromatic carbocycles. The van der Waals surface area contributed by atoms with Gasteiger partial charge < -0.3 is 10.4 Å². The predicted octanol–water partition coefficient (Wildman–Crippen LogP) is 3.92. The molecule has 0 aliphatic rings. The number of rotatable bonds is 6. The van der Waals surface area contributed by atoms with E-state index in [9.17, 15) is 19.1 Å². The van der Waals surface area contributed by atoms with Crippen molar-refractivity contribution in [1.82, 2.24) is 5.32 Å². The van der Waals surface area contributed by atoms with Crippen molar-refractivity contribution in [2.75, 3.05) is 0 Å². The number of carbonyl (C=O) groups is 2. The summed E-state index contributed by atoms with van der Waals surface area (Å²) in [5, 5.41) is 11.8. The lowest BCUT2D eigenvalue weighted by Gasteiger charge is -2.15. The molecule has 0 radical (unpaired) electrons. The largest absolute Gasteiger partial charge is 0.480 e. The zero-order valence-electron chi connectivity index (χ0n) is 14.4. The second-order valence-electron chi connectivity index (χ2n) is 6.10. The number of carboxylic acid groups (broad SMARTS) is 1. The van der Waals surface area contributed by atoms with Crippen LogP contribution in [0.25, 0.3) is 11.1 Å². The van der Waals surface area contributed by atoms with E-state index < -0.39 is 23.7 Å². The van der Waals surface area contributed by atoms with Crippen LogP contribution in [0.2, 0.25) is 0 Å². The van der Waals surface area contributed by atoms with Gasteiger partial charge in [0.15, 0.2) is 0 Å². The highest BCUT2D eigenvalue weighted by molar-refractivity contribution is 5.97. The number of hydrogen-bond donors (Lipinski definition) is 2. The van der Waals surface area contributed by atoms with E-state index in [2.05, 4.69) is 5.32 Å². The van der Waals surface area contributed by atoms with E-state index in [4.69, 9.17) is 0 Å². The van der Waals surface area contributed by atoms with Crippen molar-refractivity contribution in [3.63, 3.8) is 0 Å². The predicted molar refractivity (Wildman–Crippen MR) is 101 cm³/mol. The van der Waals surface area contributed by atoms with Crippen LogP contribution in [0.5, 0.6) is 0 Å². The molecule has 3 aromatic rings. The fraction of sp³-hybridized carbons (Fsp3) is 0.0909. The zero-order valence-corrected chi connectivity index (χ0v) is 14.4. The van der Waals surface area contributed by atoms with Crippen molar-refractivity contribution >= 4 is 11.9 Å². The number of benzene rings is 3. The lowest BCUT2D eigenvalue weighted by atomic mass is 10.0. The van der Waals surface area contributed by atoms with Gasteiger partial charge in [-0.25, -0.2) is 9.18 Å². The van der Waals surface area contributed by atoms with Crippen LogP contribution >= 0.6 is 0 Å². The van der Waals surface area contributed by atoms with Crippen LogP contribution in [0.4, 0.5) is 4.39 Å². The molecule has 0 heterocycles. The van der Waals surface area contributed by atoms with Crippen LogP contribution in [0, 0.1) is 5.82 Å². The summed E-state index contributed by atoms with van der Waals surface area (Å²) in [7, 11) is 0. The molecule has 0 bridgehead atoms. The van der Waals surface area contributed by atoms with E-state index in [0.717, 1.165) is 11.1 Å². The first-order valence-electron chi connectivity index (χ1n) is 8.47. The van der Waals surface area contributed by atoms with Gasteiger partial charge in [0, 0.05) is 12.0 Å². The molecule has 0 aliphatic heterocycles. The van der Waals surface area contributed by atoms with E-state index in [1.165, 1.54) is 18.2 Å². The molecule has 0 spiro atoms. The first-order chi connectivity index (χ1) is 13.0. The summed E-state index contributed by atoms with van der Waals surface area (Å²) in [6.45, 7) is 0. The Labute approximate surface area is 156 Å². The number of amides is 1. The van der Waals surface area contributed by atoms with Gasteiger partial charge in [-0.2, -0.15) is 0 Å². The minimum absolute atomic E-state index is 0.129. The summed E-state index contributed by atoms with van der Waals surface area (Å²) in [5.74, 6) is -2.23. The third kappa shape index (κ3) is 4.58. The molecule has 0 saturated heterocycles. The molecule has 1 atom stereocenters. The summed E-state index contributed by atoms with van der Waals surface area (Å²) in [4.78, 5) is 23.9. The van der Waals surface area contributed by atoms with Crippen molar-refractivity contribution in [1.29, 1.82) is 0 Å². The molecule has 5 heteroatoms. The fourth-order valence-electron chi connectivity index (χ4n) is 2.77. The van der Waals surface area contributed by atoms with Crippen LogP contribution in [0.3, 0.4) is 0 Å². The lowest BCUT2D eigenvalue weighted by Crippen LogP contribution is -2.42. The molecule has 4 nitrogen and oxygen atoms in total. The minimum Gasteiger partial charge on any atom is -0.480 e. The van der Waals surface area contributed by atoms with Gasteiger partial charge in [-0.1, -0.05) is 60.7 Å². The Bertz CT molecular complexity index is 939. The standard InChI is InChI=1S/C22H18FNO3/c23-19-9-5-4-8-18(19)14-20(22(26)27)24-21(25)17-12-10-16(11-13-17)15-6-2-1-3-7-15/h1-13,20H,14H2,(H,24,25)(H,26,27)/t20-/m1/s1. The first kappa shape index (κ1) is 18.3. The van der Waals surface area contributed by atoms with E-state index in [1.54, 1.807) is 30.3 Å². The summed E-state index contributed by atoms with van der Waals surface area (Å²) in [6.07, 6.45) is -0.129. The zero-order chi connectivity index (χ0) is 19.2. The highest BCUT2D eigenvalue weighted by atomic mass is 19.1. The van der Waals surface area contributed by atoms with E-state index in [-0.39, 0.29) is 12.0 Å². The van der Waals surface area contributed by atoms with Crippen LogP contribution in [-0.4, -0.2) is 23.0 Å². The number of carbonyl (C=O) groups excluding carboxylic acids is 1. The maximum absolute atomic E-state index is 13.8. The molecule has 2 N–H and O–H groups in total. The van der Waals surface area contributed by atoms with Gasteiger partial charge in [0.05, 0.1) is 0 Å². The highest BCUT2D eigenvalue weighted by Gasteiger charge is 2.22. The Kier molecular flexibility index (Phi) is 5.61. The highest BCUT2D eigenvalue weighted by Crippen LogP contribution is 2.19. The Hall–Kier alpha value is -3.47. The Balaban J connectivity index is 1.72. The Morgan fingerprint density at radius 2 is 1.44 bits per heavy atom. The molecule has 0 fully saturated rings. The van der Waals surface area contributed by atoms with Crippen LogP contribution in [-0.2, 0) is 11.2 Å². The van der Waals surface area contributed by atoms with Gasteiger partial charge in [0.25, 0.3) is 5.91 Å². The van der Waals surface area contributed by atoms with Gasteiger partial charge in [0.1, 0.15) is 11.9 Å². The molecule has 3 rings (SSSR count). The average molecular weight is 363 g/mol. The van der Waals surface area contributed by atoms with Crippen LogP contribution in [0.15, 0.2) is 78.9 Å². The summed E-state index contributed by atoms with van der Waals surface area (Å²) in [6, 6.07) is 21.3. The third-order valence-electron chi connectivity index (χ3n) is 4.24. The van der Waals surface area contributed by atoms with Gasteiger partial charge in [0.2, 0.25) is 0 Å². The number of halogens is 1. The Morgan fingerprint density at radius 1 is 0.852 bits per heavy atom. The number of nitrogens with one attached hydrogen (secondary N) is 1. The molecule has 0 saturated carbocycles. The SMILES string of the molecule is O=C(N[C@H](Cc1ccccc1F)C(=O)O)c1ccc(-c2ccccc2)cc1. The molecule has 0 aromatic heterocycles. The molecular formula is C22H18FNO3. The monoisotopic (exact) mass is 363 g/mol. The number of aliphatic carboxylic acids is 1. The molecule has 27 heavy (non-hydrogen) atoms. The van der Waals surface area contributed by atoms with Crippen LogP contribution < -0.4 is 5.32 Å².